The molecule has 3 rings (SSSR count). The Morgan fingerprint density at radius 3 is 2.62 bits per heavy atom. The van der Waals surface area contributed by atoms with Crippen molar-refractivity contribution in [3.05, 3.63) is 56.4 Å². The number of benzene rings is 2. The number of carbonyl (C=O) groups is 3. The summed E-state index contributed by atoms with van der Waals surface area (Å²) in [7, 11) is 1.54. The minimum absolute atomic E-state index is 0.230. The highest BCUT2D eigenvalue weighted by atomic mass is 79.9. The lowest BCUT2D eigenvalue weighted by Crippen LogP contribution is -2.36. The second kappa shape index (κ2) is 10.2. The van der Waals surface area contributed by atoms with Gasteiger partial charge in [-0.1, -0.05) is 17.7 Å². The SMILES string of the molecule is CCOc1cc(/C=C2/SC(=O)N(CC(=O)Nc3ccc(C)cc3C)C2=O)cc(Br)c1OC. The second-order valence-corrected chi connectivity index (χ2v) is 8.95. The van der Waals surface area contributed by atoms with Crippen LogP contribution in [0.15, 0.2) is 39.7 Å². The van der Waals surface area contributed by atoms with Crippen LogP contribution in [-0.4, -0.2) is 42.2 Å². The van der Waals surface area contributed by atoms with Crippen LogP contribution in [0.3, 0.4) is 0 Å². The molecule has 7 nitrogen and oxygen atoms in total. The molecule has 1 N–H and O–H groups in total. The Morgan fingerprint density at radius 1 is 1.22 bits per heavy atom. The van der Waals surface area contributed by atoms with Crippen molar-refractivity contribution in [1.29, 1.82) is 0 Å². The summed E-state index contributed by atoms with van der Waals surface area (Å²) in [5.74, 6) is 0.106. The molecular formula is C23H23BrN2O5S. The lowest BCUT2D eigenvalue weighted by molar-refractivity contribution is -0.127. The highest BCUT2D eigenvalue weighted by Crippen LogP contribution is 2.39. The van der Waals surface area contributed by atoms with Gasteiger partial charge in [0.2, 0.25) is 5.91 Å². The average Bonchev–Trinajstić information content (AvgIpc) is 2.97. The molecule has 0 unspecified atom stereocenters. The van der Waals surface area contributed by atoms with E-state index in [0.717, 1.165) is 27.8 Å². The van der Waals surface area contributed by atoms with Crippen LogP contribution in [0.25, 0.3) is 6.08 Å². The first-order valence-electron chi connectivity index (χ1n) is 9.86. The first kappa shape index (κ1) is 23.9. The molecule has 1 saturated heterocycles. The number of thioether (sulfide) groups is 1. The largest absolute Gasteiger partial charge is 0.492 e. The number of anilines is 1. The van der Waals surface area contributed by atoms with Crippen LogP contribution in [0.5, 0.6) is 11.5 Å². The summed E-state index contributed by atoms with van der Waals surface area (Å²) in [4.78, 5) is 38.9. The summed E-state index contributed by atoms with van der Waals surface area (Å²) in [6, 6.07) is 9.13. The van der Waals surface area contributed by atoms with Crippen LogP contribution in [-0.2, 0) is 9.59 Å². The van der Waals surface area contributed by atoms with Gasteiger partial charge in [0.1, 0.15) is 6.54 Å². The third kappa shape index (κ3) is 5.34. The number of ether oxygens (including phenoxy) is 2. The number of amides is 3. The average molecular weight is 519 g/mol. The minimum atomic E-state index is -0.513. The minimum Gasteiger partial charge on any atom is -0.492 e. The van der Waals surface area contributed by atoms with Crippen LogP contribution in [0, 0.1) is 13.8 Å². The normalized spacial score (nSPS) is 14.8. The maximum absolute atomic E-state index is 12.8. The molecular weight excluding hydrogens is 496 g/mol. The molecule has 1 aliphatic heterocycles. The molecule has 0 spiro atoms. The van der Waals surface area contributed by atoms with E-state index in [0.29, 0.717) is 33.8 Å². The highest BCUT2D eigenvalue weighted by Gasteiger charge is 2.36. The number of aryl methyl sites for hydroxylation is 2. The highest BCUT2D eigenvalue weighted by molar-refractivity contribution is 9.10. The summed E-state index contributed by atoms with van der Waals surface area (Å²) in [6.07, 6.45) is 1.60. The maximum Gasteiger partial charge on any atom is 0.294 e. The van der Waals surface area contributed by atoms with Gasteiger partial charge in [0.25, 0.3) is 11.1 Å². The van der Waals surface area contributed by atoms with E-state index in [1.807, 2.05) is 32.9 Å². The van der Waals surface area contributed by atoms with E-state index in [4.69, 9.17) is 9.47 Å². The van der Waals surface area contributed by atoms with E-state index in [1.54, 1.807) is 24.3 Å². The van der Waals surface area contributed by atoms with Crippen LogP contribution in [0.4, 0.5) is 10.5 Å². The van der Waals surface area contributed by atoms with Gasteiger partial charge in [-0.2, -0.15) is 0 Å². The molecule has 0 saturated carbocycles. The zero-order valence-electron chi connectivity index (χ0n) is 18.2. The van der Waals surface area contributed by atoms with Gasteiger partial charge in [0, 0.05) is 5.69 Å². The van der Waals surface area contributed by atoms with Gasteiger partial charge >= 0.3 is 0 Å². The van der Waals surface area contributed by atoms with Gasteiger partial charge in [-0.3, -0.25) is 19.3 Å². The molecule has 1 aliphatic rings. The number of rotatable bonds is 7. The van der Waals surface area contributed by atoms with E-state index in [-0.39, 0.29) is 11.4 Å². The standard InChI is InChI=1S/C23H23BrN2O5S/c1-5-31-18-10-15(9-16(24)21(18)30-4)11-19-22(28)26(23(29)32-19)12-20(27)25-17-7-6-13(2)8-14(17)3/h6-11H,5,12H2,1-4H3,(H,25,27)/b19-11+. The third-order valence-corrected chi connectivity index (χ3v) is 6.16. The number of methoxy groups -OCH3 is 1. The molecule has 0 aromatic heterocycles. The second-order valence-electron chi connectivity index (χ2n) is 7.10. The summed E-state index contributed by atoms with van der Waals surface area (Å²) in [5, 5.41) is 2.27. The van der Waals surface area contributed by atoms with E-state index in [2.05, 4.69) is 21.2 Å². The summed E-state index contributed by atoms with van der Waals surface area (Å²) < 4.78 is 11.6. The van der Waals surface area contributed by atoms with Crippen LogP contribution in [0.1, 0.15) is 23.6 Å². The van der Waals surface area contributed by atoms with Crippen molar-refractivity contribution < 1.29 is 23.9 Å². The Kier molecular flexibility index (Phi) is 7.63. The predicted molar refractivity (Wildman–Crippen MR) is 129 cm³/mol. The fourth-order valence-electron chi connectivity index (χ4n) is 3.21. The van der Waals surface area contributed by atoms with Crippen molar-refractivity contribution in [2.75, 3.05) is 25.6 Å². The van der Waals surface area contributed by atoms with Gasteiger partial charge < -0.3 is 14.8 Å². The van der Waals surface area contributed by atoms with E-state index in [1.165, 1.54) is 7.11 Å². The molecule has 32 heavy (non-hydrogen) atoms. The Morgan fingerprint density at radius 2 is 1.97 bits per heavy atom. The lowest BCUT2D eigenvalue weighted by Gasteiger charge is -2.14. The quantitative estimate of drug-likeness (QED) is 0.510. The van der Waals surface area contributed by atoms with Crippen molar-refractivity contribution >= 4 is 56.5 Å². The van der Waals surface area contributed by atoms with Crippen LogP contribution >= 0.6 is 27.7 Å². The Balaban J connectivity index is 1.77. The van der Waals surface area contributed by atoms with Crippen LogP contribution in [0.2, 0.25) is 0 Å². The number of carbonyl (C=O) groups excluding carboxylic acids is 3. The van der Waals surface area contributed by atoms with Crippen molar-refractivity contribution in [2.45, 2.75) is 20.8 Å². The van der Waals surface area contributed by atoms with Crippen molar-refractivity contribution in [3.63, 3.8) is 0 Å². The van der Waals surface area contributed by atoms with E-state index in [9.17, 15) is 14.4 Å². The van der Waals surface area contributed by atoms with Crippen LogP contribution < -0.4 is 14.8 Å². The molecule has 0 radical (unpaired) electrons. The molecule has 0 atom stereocenters. The molecule has 9 heteroatoms. The fourth-order valence-corrected chi connectivity index (χ4v) is 4.67. The first-order valence-corrected chi connectivity index (χ1v) is 11.5. The predicted octanol–water partition coefficient (Wildman–Crippen LogP) is 5.15. The zero-order valence-corrected chi connectivity index (χ0v) is 20.6. The summed E-state index contributed by atoms with van der Waals surface area (Å²) in [6.45, 7) is 5.79. The number of hydrogen-bond donors (Lipinski definition) is 1. The van der Waals surface area contributed by atoms with E-state index >= 15 is 0 Å². The van der Waals surface area contributed by atoms with Gasteiger partial charge in [-0.05, 0) is 83.9 Å². The summed E-state index contributed by atoms with van der Waals surface area (Å²) in [5.41, 5.74) is 3.29. The Hall–Kier alpha value is -2.78. The Labute approximate surface area is 199 Å². The summed E-state index contributed by atoms with van der Waals surface area (Å²) >= 11 is 4.23. The Bertz CT molecular complexity index is 1120. The molecule has 1 fully saturated rings. The number of imide groups is 1. The fraction of sp³-hybridized carbons (Fsp3) is 0.261. The molecule has 1 heterocycles. The third-order valence-electron chi connectivity index (χ3n) is 4.66. The van der Waals surface area contributed by atoms with Gasteiger partial charge in [0.05, 0.1) is 23.1 Å². The zero-order chi connectivity index (χ0) is 23.4. The molecule has 3 amide bonds. The topological polar surface area (TPSA) is 84.9 Å². The van der Waals surface area contributed by atoms with Crippen molar-refractivity contribution in [3.8, 4) is 11.5 Å². The maximum atomic E-state index is 12.8. The van der Waals surface area contributed by atoms with Gasteiger partial charge in [-0.25, -0.2) is 0 Å². The van der Waals surface area contributed by atoms with Crippen molar-refractivity contribution in [1.82, 2.24) is 4.90 Å². The van der Waals surface area contributed by atoms with E-state index < -0.39 is 17.1 Å². The van der Waals surface area contributed by atoms with Crippen molar-refractivity contribution in [2.24, 2.45) is 0 Å². The number of hydrogen-bond acceptors (Lipinski definition) is 6. The molecule has 0 bridgehead atoms. The molecule has 2 aromatic rings. The number of halogens is 1. The number of nitrogens with zero attached hydrogens (tertiary/aromatic N) is 1. The monoisotopic (exact) mass is 518 g/mol. The molecule has 2 aromatic carbocycles. The first-order chi connectivity index (χ1) is 15.2. The molecule has 168 valence electrons. The van der Waals surface area contributed by atoms with Gasteiger partial charge in [-0.15, -0.1) is 0 Å². The van der Waals surface area contributed by atoms with Gasteiger partial charge in [0.15, 0.2) is 11.5 Å². The molecule has 0 aliphatic carbocycles. The number of nitrogens with one attached hydrogen (secondary N) is 1. The smallest absolute Gasteiger partial charge is 0.294 e. The lowest BCUT2D eigenvalue weighted by atomic mass is 10.1.